The first-order valence-electron chi connectivity index (χ1n) is 4.92. The Morgan fingerprint density at radius 2 is 2.07 bits per heavy atom. The molecule has 2 N–H and O–H groups in total. The zero-order valence-corrected chi connectivity index (χ0v) is 7.98. The number of aliphatic hydroxyl groups excluding tert-OH is 1. The standard InChI is InChI=1S/C12H14O2/c13-8-7-10(9-5-6-9)11-3-1-2-4-12(11)14/h1-4,7,9,13-14H,5-6,8H2/b10-7-. The van der Waals surface area contributed by atoms with Gasteiger partial charge < -0.3 is 10.2 Å². The van der Waals surface area contributed by atoms with Crippen molar-refractivity contribution in [3.63, 3.8) is 0 Å². The summed E-state index contributed by atoms with van der Waals surface area (Å²) in [5, 5.41) is 18.6. The summed E-state index contributed by atoms with van der Waals surface area (Å²) in [6, 6.07) is 7.29. The zero-order chi connectivity index (χ0) is 9.97. The van der Waals surface area contributed by atoms with Crippen LogP contribution in [0.5, 0.6) is 5.75 Å². The molecule has 1 saturated carbocycles. The van der Waals surface area contributed by atoms with Crippen LogP contribution in [-0.4, -0.2) is 16.8 Å². The van der Waals surface area contributed by atoms with Crippen LogP contribution in [0.3, 0.4) is 0 Å². The molecule has 2 heteroatoms. The van der Waals surface area contributed by atoms with Crippen LogP contribution < -0.4 is 0 Å². The van der Waals surface area contributed by atoms with Crippen molar-refractivity contribution in [1.82, 2.24) is 0 Å². The predicted molar refractivity (Wildman–Crippen MR) is 55.9 cm³/mol. The molecule has 1 aliphatic rings. The van der Waals surface area contributed by atoms with Gasteiger partial charge in [0.05, 0.1) is 6.61 Å². The van der Waals surface area contributed by atoms with Gasteiger partial charge in [0.15, 0.2) is 0 Å². The fourth-order valence-electron chi connectivity index (χ4n) is 1.71. The van der Waals surface area contributed by atoms with Crippen molar-refractivity contribution in [2.75, 3.05) is 6.61 Å². The van der Waals surface area contributed by atoms with Gasteiger partial charge in [-0.15, -0.1) is 0 Å². The van der Waals surface area contributed by atoms with Gasteiger partial charge in [-0.1, -0.05) is 24.3 Å². The second kappa shape index (κ2) is 3.84. The number of benzene rings is 1. The number of phenolic OH excluding ortho intramolecular Hbond substituents is 1. The maximum atomic E-state index is 9.66. The molecule has 0 aliphatic heterocycles. The van der Waals surface area contributed by atoms with Gasteiger partial charge in [0.2, 0.25) is 0 Å². The van der Waals surface area contributed by atoms with E-state index in [-0.39, 0.29) is 6.61 Å². The lowest BCUT2D eigenvalue weighted by molar-refractivity contribution is 0.343. The van der Waals surface area contributed by atoms with Gasteiger partial charge in [-0.05, 0) is 30.4 Å². The molecule has 0 aromatic heterocycles. The number of rotatable bonds is 3. The quantitative estimate of drug-likeness (QED) is 0.767. The van der Waals surface area contributed by atoms with Crippen LogP contribution in [0.4, 0.5) is 0 Å². The number of aliphatic hydroxyl groups is 1. The van der Waals surface area contributed by atoms with Crippen molar-refractivity contribution in [1.29, 1.82) is 0 Å². The van der Waals surface area contributed by atoms with Crippen LogP contribution in [0.1, 0.15) is 18.4 Å². The van der Waals surface area contributed by atoms with Gasteiger partial charge in [0.25, 0.3) is 0 Å². The molecule has 0 bridgehead atoms. The van der Waals surface area contributed by atoms with Crippen LogP contribution in [0, 0.1) is 5.92 Å². The molecule has 0 unspecified atom stereocenters. The van der Waals surface area contributed by atoms with E-state index in [9.17, 15) is 5.11 Å². The van der Waals surface area contributed by atoms with Gasteiger partial charge in [-0.25, -0.2) is 0 Å². The Kier molecular flexibility index (Phi) is 2.55. The molecule has 0 amide bonds. The van der Waals surface area contributed by atoms with Crippen LogP contribution in [0.25, 0.3) is 5.57 Å². The second-order valence-corrected chi connectivity index (χ2v) is 3.63. The lowest BCUT2D eigenvalue weighted by Gasteiger charge is -2.07. The van der Waals surface area contributed by atoms with Crippen molar-refractivity contribution in [2.24, 2.45) is 5.92 Å². The van der Waals surface area contributed by atoms with Gasteiger partial charge in [0, 0.05) is 5.56 Å². The minimum Gasteiger partial charge on any atom is -0.507 e. The van der Waals surface area contributed by atoms with Crippen molar-refractivity contribution < 1.29 is 10.2 Å². The van der Waals surface area contributed by atoms with Crippen molar-refractivity contribution in [3.8, 4) is 5.75 Å². The average Bonchev–Trinajstić information content (AvgIpc) is 2.99. The Labute approximate surface area is 83.5 Å². The summed E-state index contributed by atoms with van der Waals surface area (Å²) in [6.45, 7) is 0.0418. The Morgan fingerprint density at radius 1 is 1.36 bits per heavy atom. The van der Waals surface area contributed by atoms with E-state index < -0.39 is 0 Å². The van der Waals surface area contributed by atoms with Gasteiger partial charge >= 0.3 is 0 Å². The summed E-state index contributed by atoms with van der Waals surface area (Å²) in [6.07, 6.45) is 4.13. The van der Waals surface area contributed by atoms with E-state index in [0.717, 1.165) is 11.1 Å². The number of phenols is 1. The van der Waals surface area contributed by atoms with Crippen LogP contribution in [-0.2, 0) is 0 Å². The molecule has 0 radical (unpaired) electrons. The summed E-state index contributed by atoms with van der Waals surface area (Å²) < 4.78 is 0. The minimum absolute atomic E-state index is 0.0418. The average molecular weight is 190 g/mol. The number of para-hydroxylation sites is 1. The molecule has 1 aliphatic carbocycles. The largest absolute Gasteiger partial charge is 0.507 e. The molecule has 1 fully saturated rings. The predicted octanol–water partition coefficient (Wildman–Crippen LogP) is 2.18. The highest BCUT2D eigenvalue weighted by Gasteiger charge is 2.27. The summed E-state index contributed by atoms with van der Waals surface area (Å²) in [5.74, 6) is 0.842. The molecule has 2 rings (SSSR count). The molecule has 0 saturated heterocycles. The molecule has 74 valence electrons. The highest BCUT2D eigenvalue weighted by atomic mass is 16.3. The third-order valence-electron chi connectivity index (χ3n) is 2.54. The molecule has 1 aromatic rings. The number of aromatic hydroxyl groups is 1. The second-order valence-electron chi connectivity index (χ2n) is 3.63. The van der Waals surface area contributed by atoms with E-state index >= 15 is 0 Å². The molecule has 0 spiro atoms. The summed E-state index contributed by atoms with van der Waals surface area (Å²) in [5.41, 5.74) is 1.95. The third kappa shape index (κ3) is 1.80. The monoisotopic (exact) mass is 190 g/mol. The molecule has 0 atom stereocenters. The van der Waals surface area contributed by atoms with Gasteiger partial charge in [-0.3, -0.25) is 0 Å². The first-order valence-corrected chi connectivity index (χ1v) is 4.92. The van der Waals surface area contributed by atoms with Crippen LogP contribution in [0.2, 0.25) is 0 Å². The lowest BCUT2D eigenvalue weighted by Crippen LogP contribution is -1.89. The maximum Gasteiger partial charge on any atom is 0.123 e. The SMILES string of the molecule is OC/C=C(\c1ccccc1O)C1CC1. The minimum atomic E-state index is 0.0418. The van der Waals surface area contributed by atoms with E-state index in [0.29, 0.717) is 11.7 Å². The fraction of sp³-hybridized carbons (Fsp3) is 0.333. The Hall–Kier alpha value is -1.28. The van der Waals surface area contributed by atoms with Gasteiger partial charge in [0.1, 0.15) is 5.75 Å². The highest BCUT2D eigenvalue weighted by molar-refractivity contribution is 5.73. The Balaban J connectivity index is 2.35. The van der Waals surface area contributed by atoms with Crippen LogP contribution >= 0.6 is 0 Å². The van der Waals surface area contributed by atoms with Crippen molar-refractivity contribution in [3.05, 3.63) is 35.9 Å². The first kappa shape index (κ1) is 9.28. The van der Waals surface area contributed by atoms with Crippen molar-refractivity contribution in [2.45, 2.75) is 12.8 Å². The number of allylic oxidation sites excluding steroid dienone is 1. The number of hydrogen-bond donors (Lipinski definition) is 2. The fourth-order valence-corrected chi connectivity index (χ4v) is 1.71. The summed E-state index contributed by atoms with van der Waals surface area (Å²) >= 11 is 0. The summed E-state index contributed by atoms with van der Waals surface area (Å²) in [4.78, 5) is 0. The van der Waals surface area contributed by atoms with E-state index in [1.165, 1.54) is 12.8 Å². The molecular formula is C12H14O2. The zero-order valence-electron chi connectivity index (χ0n) is 7.98. The number of hydrogen-bond acceptors (Lipinski definition) is 2. The summed E-state index contributed by atoms with van der Waals surface area (Å²) in [7, 11) is 0. The third-order valence-corrected chi connectivity index (χ3v) is 2.54. The molecule has 2 nitrogen and oxygen atoms in total. The van der Waals surface area contributed by atoms with E-state index in [4.69, 9.17) is 5.11 Å². The van der Waals surface area contributed by atoms with E-state index in [1.807, 2.05) is 18.2 Å². The van der Waals surface area contributed by atoms with Crippen LogP contribution in [0.15, 0.2) is 30.3 Å². The highest BCUT2D eigenvalue weighted by Crippen LogP contribution is 2.43. The van der Waals surface area contributed by atoms with Gasteiger partial charge in [-0.2, -0.15) is 0 Å². The van der Waals surface area contributed by atoms with E-state index in [1.54, 1.807) is 12.1 Å². The lowest BCUT2D eigenvalue weighted by atomic mass is 10.0. The normalized spacial score (nSPS) is 17.1. The molecule has 0 heterocycles. The van der Waals surface area contributed by atoms with E-state index in [2.05, 4.69) is 0 Å². The maximum absolute atomic E-state index is 9.66. The Bertz CT molecular complexity index is 351. The van der Waals surface area contributed by atoms with Crippen molar-refractivity contribution >= 4 is 5.57 Å². The smallest absolute Gasteiger partial charge is 0.123 e. The topological polar surface area (TPSA) is 40.5 Å². The molecule has 1 aromatic carbocycles. The molecule has 14 heavy (non-hydrogen) atoms. The Morgan fingerprint density at radius 3 is 2.64 bits per heavy atom. The first-order chi connectivity index (χ1) is 6.83. The molecular weight excluding hydrogens is 176 g/mol.